The van der Waals surface area contributed by atoms with E-state index in [0.29, 0.717) is 11.3 Å². The third-order valence-corrected chi connectivity index (χ3v) is 3.18. The second-order valence-corrected chi connectivity index (χ2v) is 4.20. The lowest BCUT2D eigenvalue weighted by Gasteiger charge is -2.10. The van der Waals surface area contributed by atoms with Gasteiger partial charge in [0.1, 0.15) is 0 Å². The number of aromatic nitrogens is 2. The molecule has 0 aliphatic heterocycles. The number of rotatable bonds is 1. The Morgan fingerprint density at radius 2 is 2.38 bits per heavy atom. The average molecular weight is 221 g/mol. The second kappa shape index (κ2) is 3.66. The molecule has 5 nitrogen and oxygen atoms in total. The van der Waals surface area contributed by atoms with Gasteiger partial charge in [-0.1, -0.05) is 6.92 Å². The Labute approximate surface area is 93.6 Å². The summed E-state index contributed by atoms with van der Waals surface area (Å²) in [6, 6.07) is 0. The minimum Gasteiger partial charge on any atom is -0.478 e. The largest absolute Gasteiger partial charge is 0.478 e. The molecule has 86 valence electrons. The third-order valence-electron chi connectivity index (χ3n) is 3.18. The molecule has 0 amide bonds. The van der Waals surface area contributed by atoms with Crippen LogP contribution in [0.2, 0.25) is 0 Å². The van der Waals surface area contributed by atoms with Crippen LogP contribution in [0.25, 0.3) is 5.70 Å². The molecule has 0 spiro atoms. The van der Waals surface area contributed by atoms with Gasteiger partial charge in [-0.3, -0.25) is 4.68 Å². The smallest absolute Gasteiger partial charge is 0.333 e. The first-order valence-electron chi connectivity index (χ1n) is 5.26. The maximum Gasteiger partial charge on any atom is 0.333 e. The molecule has 1 aliphatic carbocycles. The maximum absolute atomic E-state index is 11.2. The van der Waals surface area contributed by atoms with Crippen molar-refractivity contribution in [3.05, 3.63) is 23.0 Å². The molecule has 2 rings (SSSR count). The van der Waals surface area contributed by atoms with Crippen LogP contribution < -0.4 is 5.73 Å². The third kappa shape index (κ3) is 1.48. The molecule has 1 atom stereocenters. The fraction of sp³-hybridized carbons (Fsp3) is 0.455. The predicted molar refractivity (Wildman–Crippen MR) is 59.4 cm³/mol. The van der Waals surface area contributed by atoms with E-state index in [1.54, 1.807) is 10.9 Å². The Bertz CT molecular complexity index is 474. The van der Waals surface area contributed by atoms with E-state index < -0.39 is 5.97 Å². The number of carboxylic acids is 1. The zero-order valence-corrected chi connectivity index (χ0v) is 9.40. The first kappa shape index (κ1) is 10.7. The van der Waals surface area contributed by atoms with E-state index in [9.17, 15) is 9.90 Å². The summed E-state index contributed by atoms with van der Waals surface area (Å²) in [5.41, 5.74) is 8.40. The number of aryl methyl sites for hydroxylation is 1. The molecule has 0 radical (unpaired) electrons. The van der Waals surface area contributed by atoms with Crippen LogP contribution in [0.4, 0.5) is 0 Å². The molecule has 0 saturated carbocycles. The first-order valence-corrected chi connectivity index (χ1v) is 5.26. The number of carbonyl (C=O) groups is 1. The highest BCUT2D eigenvalue weighted by Gasteiger charge is 2.26. The molecule has 5 heteroatoms. The Morgan fingerprint density at radius 3 is 3.00 bits per heavy atom. The minimum atomic E-state index is -0.929. The summed E-state index contributed by atoms with van der Waals surface area (Å²) in [4.78, 5) is 11.2. The van der Waals surface area contributed by atoms with E-state index in [2.05, 4.69) is 5.10 Å². The number of nitrogens with two attached hydrogens (primary N) is 1. The molecular weight excluding hydrogens is 206 g/mol. The van der Waals surface area contributed by atoms with Crippen molar-refractivity contribution >= 4 is 11.7 Å². The lowest BCUT2D eigenvalue weighted by atomic mass is 9.96. The van der Waals surface area contributed by atoms with Gasteiger partial charge < -0.3 is 10.8 Å². The molecule has 16 heavy (non-hydrogen) atoms. The number of carboxylic acid groups (broad SMARTS) is 1. The standard InChI is InChI=1S/C11H15N3O2/c1-6-3-4-8-7(5-13-14(8)2)10(12)9(6)11(15)16/h5-6H,3-4,12H2,1-2H3,(H,15,16). The van der Waals surface area contributed by atoms with Crippen molar-refractivity contribution < 1.29 is 9.90 Å². The average Bonchev–Trinajstić information content (AvgIpc) is 2.50. The highest BCUT2D eigenvalue weighted by atomic mass is 16.4. The summed E-state index contributed by atoms with van der Waals surface area (Å²) < 4.78 is 1.76. The van der Waals surface area contributed by atoms with Gasteiger partial charge in [0.15, 0.2) is 0 Å². The van der Waals surface area contributed by atoms with Gasteiger partial charge in [-0.25, -0.2) is 4.79 Å². The van der Waals surface area contributed by atoms with Gasteiger partial charge >= 0.3 is 5.97 Å². The summed E-state index contributed by atoms with van der Waals surface area (Å²) in [6.45, 7) is 1.90. The van der Waals surface area contributed by atoms with Crippen LogP contribution in [0.1, 0.15) is 24.6 Å². The van der Waals surface area contributed by atoms with Crippen LogP contribution in [-0.2, 0) is 18.3 Å². The summed E-state index contributed by atoms with van der Waals surface area (Å²) in [5.74, 6) is -0.952. The highest BCUT2D eigenvalue weighted by molar-refractivity contribution is 5.96. The number of hydrogen-bond acceptors (Lipinski definition) is 3. The second-order valence-electron chi connectivity index (χ2n) is 4.20. The Kier molecular flexibility index (Phi) is 2.46. The van der Waals surface area contributed by atoms with Crippen LogP contribution in [0.5, 0.6) is 0 Å². The molecule has 0 aromatic carbocycles. The van der Waals surface area contributed by atoms with Crippen molar-refractivity contribution in [3.8, 4) is 0 Å². The van der Waals surface area contributed by atoms with Crippen LogP contribution >= 0.6 is 0 Å². The minimum absolute atomic E-state index is 0.0232. The predicted octanol–water partition coefficient (Wildman–Crippen LogP) is 0.757. The van der Waals surface area contributed by atoms with E-state index in [0.717, 1.165) is 24.1 Å². The van der Waals surface area contributed by atoms with Crippen LogP contribution in [0.3, 0.4) is 0 Å². The van der Waals surface area contributed by atoms with Crippen molar-refractivity contribution in [3.63, 3.8) is 0 Å². The molecule has 3 N–H and O–H groups in total. The van der Waals surface area contributed by atoms with Crippen LogP contribution in [-0.4, -0.2) is 20.9 Å². The fourth-order valence-corrected chi connectivity index (χ4v) is 2.22. The number of aliphatic carboxylic acids is 1. The van der Waals surface area contributed by atoms with E-state index >= 15 is 0 Å². The SMILES string of the molecule is CC1CCc2c(cnn2C)C(N)=C1C(=O)O. The Morgan fingerprint density at radius 1 is 1.69 bits per heavy atom. The Balaban J connectivity index is 2.62. The van der Waals surface area contributed by atoms with Gasteiger partial charge in [0, 0.05) is 18.3 Å². The summed E-state index contributed by atoms with van der Waals surface area (Å²) >= 11 is 0. The van der Waals surface area contributed by atoms with E-state index in [-0.39, 0.29) is 5.92 Å². The monoisotopic (exact) mass is 221 g/mol. The Hall–Kier alpha value is -1.78. The summed E-state index contributed by atoms with van der Waals surface area (Å²) in [5, 5.41) is 13.3. The van der Waals surface area contributed by atoms with Crippen molar-refractivity contribution in [2.45, 2.75) is 19.8 Å². The lowest BCUT2D eigenvalue weighted by Crippen LogP contribution is -2.14. The summed E-state index contributed by atoms with van der Waals surface area (Å²) in [7, 11) is 1.85. The van der Waals surface area contributed by atoms with Gasteiger partial charge in [-0.15, -0.1) is 0 Å². The number of hydrogen-bond donors (Lipinski definition) is 2. The number of nitrogens with zero attached hydrogens (tertiary/aromatic N) is 2. The molecule has 0 fully saturated rings. The van der Waals surface area contributed by atoms with Gasteiger partial charge in [-0.05, 0) is 18.8 Å². The molecule has 1 aromatic rings. The molecule has 0 bridgehead atoms. The molecule has 1 aromatic heterocycles. The van der Waals surface area contributed by atoms with Gasteiger partial charge in [0.05, 0.1) is 17.5 Å². The van der Waals surface area contributed by atoms with Crippen LogP contribution in [0.15, 0.2) is 11.8 Å². The van der Waals surface area contributed by atoms with Crippen molar-refractivity contribution in [1.29, 1.82) is 0 Å². The van der Waals surface area contributed by atoms with E-state index in [1.165, 1.54) is 0 Å². The van der Waals surface area contributed by atoms with Crippen LogP contribution in [0, 0.1) is 5.92 Å². The zero-order valence-electron chi connectivity index (χ0n) is 9.40. The molecule has 1 unspecified atom stereocenters. The molecule has 1 aliphatic rings. The molecule has 0 saturated heterocycles. The molecule has 1 heterocycles. The quantitative estimate of drug-likeness (QED) is 0.733. The highest BCUT2D eigenvalue weighted by Crippen LogP contribution is 2.30. The van der Waals surface area contributed by atoms with Gasteiger partial charge in [0.25, 0.3) is 0 Å². The van der Waals surface area contributed by atoms with Gasteiger partial charge in [0.2, 0.25) is 0 Å². The normalized spacial score (nSPS) is 20.5. The zero-order chi connectivity index (χ0) is 11.9. The van der Waals surface area contributed by atoms with Crippen molar-refractivity contribution in [2.75, 3.05) is 0 Å². The topological polar surface area (TPSA) is 81.1 Å². The first-order chi connectivity index (χ1) is 7.52. The maximum atomic E-state index is 11.2. The van der Waals surface area contributed by atoms with E-state index in [1.807, 2.05) is 14.0 Å². The fourth-order valence-electron chi connectivity index (χ4n) is 2.22. The molecular formula is C11H15N3O2. The number of fused-ring (bicyclic) bond motifs is 1. The van der Waals surface area contributed by atoms with Crippen molar-refractivity contribution in [2.24, 2.45) is 18.7 Å². The van der Waals surface area contributed by atoms with E-state index in [4.69, 9.17) is 5.73 Å². The lowest BCUT2D eigenvalue weighted by molar-refractivity contribution is -0.133. The summed E-state index contributed by atoms with van der Waals surface area (Å²) in [6.07, 6.45) is 3.24. The van der Waals surface area contributed by atoms with Gasteiger partial charge in [-0.2, -0.15) is 5.10 Å². The van der Waals surface area contributed by atoms with Crippen molar-refractivity contribution in [1.82, 2.24) is 9.78 Å².